The van der Waals surface area contributed by atoms with Crippen LogP contribution in [-0.2, 0) is 4.74 Å². The summed E-state index contributed by atoms with van der Waals surface area (Å²) in [4.78, 5) is 20.5. The predicted octanol–water partition coefficient (Wildman–Crippen LogP) is 3.20. The highest BCUT2D eigenvalue weighted by Crippen LogP contribution is 2.21. The number of anilines is 2. The monoisotopic (exact) mass is 390 g/mol. The molecule has 2 aromatic rings. The van der Waals surface area contributed by atoms with Gasteiger partial charge < -0.3 is 15.4 Å². The summed E-state index contributed by atoms with van der Waals surface area (Å²) < 4.78 is 6.53. The Morgan fingerprint density at radius 1 is 1.38 bits per heavy atom. The number of ether oxygens (including phenoxy) is 1. The summed E-state index contributed by atoms with van der Waals surface area (Å²) >= 11 is 3.47. The second-order valence-electron chi connectivity index (χ2n) is 5.73. The van der Waals surface area contributed by atoms with Crippen LogP contribution in [0.5, 0.6) is 0 Å². The number of nitrogens with one attached hydrogen (secondary N) is 2. The van der Waals surface area contributed by atoms with Gasteiger partial charge in [-0.3, -0.25) is 4.79 Å². The van der Waals surface area contributed by atoms with Crippen molar-refractivity contribution in [1.29, 1.82) is 0 Å². The maximum Gasteiger partial charge on any atom is 0.254 e. The first kappa shape index (κ1) is 16.9. The Bertz CT molecular complexity index is 715. The van der Waals surface area contributed by atoms with Crippen LogP contribution in [0, 0.1) is 6.92 Å². The molecule has 126 valence electrons. The van der Waals surface area contributed by atoms with E-state index in [-0.39, 0.29) is 12.0 Å². The normalized spacial score (nSPS) is 16.8. The van der Waals surface area contributed by atoms with Crippen molar-refractivity contribution in [3.63, 3.8) is 0 Å². The molecule has 7 heteroatoms. The highest BCUT2D eigenvalue weighted by Gasteiger charge is 2.17. The molecule has 1 aliphatic rings. The minimum Gasteiger partial charge on any atom is -0.376 e. The second-order valence-corrected chi connectivity index (χ2v) is 6.58. The van der Waals surface area contributed by atoms with Crippen molar-refractivity contribution in [1.82, 2.24) is 15.3 Å². The molecule has 1 aliphatic heterocycles. The third kappa shape index (κ3) is 4.30. The third-order valence-corrected chi connectivity index (χ3v) is 4.73. The lowest BCUT2D eigenvalue weighted by Crippen LogP contribution is -2.31. The van der Waals surface area contributed by atoms with Crippen molar-refractivity contribution in [3.8, 4) is 0 Å². The van der Waals surface area contributed by atoms with E-state index in [1.165, 1.54) is 12.4 Å². The molecule has 1 unspecified atom stereocenters. The van der Waals surface area contributed by atoms with Crippen LogP contribution < -0.4 is 10.6 Å². The van der Waals surface area contributed by atoms with E-state index < -0.39 is 0 Å². The zero-order valence-corrected chi connectivity index (χ0v) is 15.0. The van der Waals surface area contributed by atoms with Gasteiger partial charge in [0.1, 0.15) is 0 Å². The summed E-state index contributed by atoms with van der Waals surface area (Å²) in [7, 11) is 0. The Balaban J connectivity index is 1.57. The number of hydrogen-bond acceptors (Lipinski definition) is 5. The standard InChI is InChI=1S/C17H19BrN4O2/c1-11-7-13(4-5-15(11)18)22-17-20-8-12(9-21-17)16(23)19-10-14-3-2-6-24-14/h4-5,7-9,14H,2-3,6,10H2,1H3,(H,19,23)(H,20,21,22). The van der Waals surface area contributed by atoms with Crippen LogP contribution in [-0.4, -0.2) is 35.1 Å². The van der Waals surface area contributed by atoms with E-state index in [4.69, 9.17) is 4.74 Å². The van der Waals surface area contributed by atoms with Crippen molar-refractivity contribution in [2.45, 2.75) is 25.9 Å². The molecule has 0 saturated carbocycles. The fourth-order valence-corrected chi connectivity index (χ4v) is 2.72. The summed E-state index contributed by atoms with van der Waals surface area (Å²) in [6, 6.07) is 5.89. The number of amides is 1. The number of hydrogen-bond donors (Lipinski definition) is 2. The van der Waals surface area contributed by atoms with Crippen LogP contribution in [0.15, 0.2) is 35.1 Å². The largest absolute Gasteiger partial charge is 0.376 e. The Hall–Kier alpha value is -1.99. The topological polar surface area (TPSA) is 76.1 Å². The molecule has 3 rings (SSSR count). The Morgan fingerprint density at radius 3 is 2.83 bits per heavy atom. The van der Waals surface area contributed by atoms with Gasteiger partial charge in [-0.15, -0.1) is 0 Å². The van der Waals surface area contributed by atoms with Gasteiger partial charge in [0.25, 0.3) is 5.91 Å². The minimum absolute atomic E-state index is 0.122. The van der Waals surface area contributed by atoms with Crippen molar-refractivity contribution in [2.24, 2.45) is 0 Å². The molecular weight excluding hydrogens is 372 g/mol. The quantitative estimate of drug-likeness (QED) is 0.819. The first-order valence-electron chi connectivity index (χ1n) is 7.87. The highest BCUT2D eigenvalue weighted by atomic mass is 79.9. The smallest absolute Gasteiger partial charge is 0.254 e. The molecule has 0 bridgehead atoms. The lowest BCUT2D eigenvalue weighted by molar-refractivity contribution is 0.0857. The maximum atomic E-state index is 12.1. The summed E-state index contributed by atoms with van der Waals surface area (Å²) in [5.74, 6) is 0.268. The number of halogens is 1. The molecule has 1 saturated heterocycles. The van der Waals surface area contributed by atoms with Crippen molar-refractivity contribution >= 4 is 33.5 Å². The number of nitrogens with zero attached hydrogens (tertiary/aromatic N) is 2. The van der Waals surface area contributed by atoms with Crippen molar-refractivity contribution in [2.75, 3.05) is 18.5 Å². The average Bonchev–Trinajstić information content (AvgIpc) is 3.10. The fourth-order valence-electron chi connectivity index (χ4n) is 2.48. The number of carbonyl (C=O) groups excluding carboxylic acids is 1. The predicted molar refractivity (Wildman–Crippen MR) is 95.5 cm³/mol. The molecule has 1 aromatic carbocycles. The van der Waals surface area contributed by atoms with Gasteiger partial charge in [-0.25, -0.2) is 9.97 Å². The molecule has 0 aliphatic carbocycles. The van der Waals surface area contributed by atoms with Gasteiger partial charge >= 0.3 is 0 Å². The van der Waals surface area contributed by atoms with Gasteiger partial charge in [-0.05, 0) is 43.5 Å². The highest BCUT2D eigenvalue weighted by molar-refractivity contribution is 9.10. The zero-order chi connectivity index (χ0) is 16.9. The average molecular weight is 391 g/mol. The lowest BCUT2D eigenvalue weighted by Gasteiger charge is -2.11. The number of carbonyl (C=O) groups is 1. The van der Waals surface area contributed by atoms with Gasteiger partial charge in [0.15, 0.2) is 0 Å². The molecule has 2 heterocycles. The second kappa shape index (κ2) is 7.72. The molecule has 1 aromatic heterocycles. The zero-order valence-electron chi connectivity index (χ0n) is 13.4. The summed E-state index contributed by atoms with van der Waals surface area (Å²) in [5.41, 5.74) is 2.45. The van der Waals surface area contributed by atoms with Crippen LogP contribution in [0.25, 0.3) is 0 Å². The number of aromatic nitrogens is 2. The third-order valence-electron chi connectivity index (χ3n) is 3.84. The van der Waals surface area contributed by atoms with E-state index >= 15 is 0 Å². The Morgan fingerprint density at radius 2 is 2.17 bits per heavy atom. The van der Waals surface area contributed by atoms with E-state index in [0.717, 1.165) is 35.2 Å². The van der Waals surface area contributed by atoms with Crippen molar-refractivity contribution < 1.29 is 9.53 Å². The molecule has 0 radical (unpaired) electrons. The SMILES string of the molecule is Cc1cc(Nc2ncc(C(=O)NCC3CCCO3)cn2)ccc1Br. The molecule has 2 N–H and O–H groups in total. The Labute approximate surface area is 149 Å². The first-order valence-corrected chi connectivity index (χ1v) is 8.66. The van der Waals surface area contributed by atoms with Crippen LogP contribution >= 0.6 is 15.9 Å². The van der Waals surface area contributed by atoms with Gasteiger partial charge in [-0.2, -0.15) is 0 Å². The first-order chi connectivity index (χ1) is 11.6. The number of benzene rings is 1. The molecular formula is C17H19BrN4O2. The molecule has 24 heavy (non-hydrogen) atoms. The minimum atomic E-state index is -0.184. The molecule has 1 fully saturated rings. The fraction of sp³-hybridized carbons (Fsp3) is 0.353. The van der Waals surface area contributed by atoms with Gasteiger partial charge in [0.05, 0.1) is 11.7 Å². The number of rotatable bonds is 5. The van der Waals surface area contributed by atoms with Crippen LogP contribution in [0.3, 0.4) is 0 Å². The van der Waals surface area contributed by atoms with E-state index in [2.05, 4.69) is 36.5 Å². The maximum absolute atomic E-state index is 12.1. The van der Waals surface area contributed by atoms with Gasteiger partial charge in [0.2, 0.25) is 5.95 Å². The molecule has 1 amide bonds. The molecule has 6 nitrogen and oxygen atoms in total. The molecule has 0 spiro atoms. The van der Waals surface area contributed by atoms with E-state index in [1.807, 2.05) is 25.1 Å². The lowest BCUT2D eigenvalue weighted by atomic mass is 10.2. The summed E-state index contributed by atoms with van der Waals surface area (Å²) in [5, 5.41) is 5.97. The number of aryl methyl sites for hydroxylation is 1. The van der Waals surface area contributed by atoms with Crippen molar-refractivity contribution in [3.05, 3.63) is 46.2 Å². The van der Waals surface area contributed by atoms with E-state index in [1.54, 1.807) is 0 Å². The Kier molecular flexibility index (Phi) is 5.42. The summed E-state index contributed by atoms with van der Waals surface area (Å²) in [6.45, 7) is 3.31. The van der Waals surface area contributed by atoms with E-state index in [9.17, 15) is 4.79 Å². The van der Waals surface area contributed by atoms with Crippen LogP contribution in [0.2, 0.25) is 0 Å². The summed E-state index contributed by atoms with van der Waals surface area (Å²) in [6.07, 6.45) is 5.21. The molecule has 1 atom stereocenters. The van der Waals surface area contributed by atoms with Gasteiger partial charge in [-0.1, -0.05) is 15.9 Å². The van der Waals surface area contributed by atoms with Gasteiger partial charge in [0, 0.05) is 35.7 Å². The van der Waals surface area contributed by atoms with Crippen LogP contribution in [0.4, 0.5) is 11.6 Å². The van der Waals surface area contributed by atoms with E-state index in [0.29, 0.717) is 18.1 Å². The van der Waals surface area contributed by atoms with Crippen LogP contribution in [0.1, 0.15) is 28.8 Å².